The molecule has 0 radical (unpaired) electrons. The van der Waals surface area contributed by atoms with Crippen LogP contribution in [-0.4, -0.2) is 11.7 Å². The Labute approximate surface area is 28.6 Å². The molecule has 0 bridgehead atoms. The number of rotatable bonds is 0. The van der Waals surface area contributed by atoms with E-state index in [9.17, 15) is 0 Å². The third-order valence-electron chi connectivity index (χ3n) is 0. The van der Waals surface area contributed by atoms with Crippen molar-refractivity contribution >= 4 is 11.7 Å². The first kappa shape index (κ1) is 9.02. The van der Waals surface area contributed by atoms with Crippen molar-refractivity contribution in [3.05, 3.63) is 0 Å². The van der Waals surface area contributed by atoms with Gasteiger partial charge in [0.15, 0.2) is 0 Å². The van der Waals surface area contributed by atoms with Gasteiger partial charge >= 0.3 is 11.7 Å². The molecule has 0 aliphatic rings. The van der Waals surface area contributed by atoms with Crippen LogP contribution < -0.4 is 0 Å². The summed E-state index contributed by atoms with van der Waals surface area (Å²) >= 11 is 0.500. The standard InChI is InChI=1S/CH3OS.H2O/c1-3-2;/h1H3;1H2/q+1;. The van der Waals surface area contributed by atoms with Crippen LogP contribution in [0.25, 0.3) is 0 Å². The second-order valence-electron chi connectivity index (χ2n) is 0.167. The van der Waals surface area contributed by atoms with Crippen molar-refractivity contribution in [1.29, 1.82) is 0 Å². The Bertz CT molecular complexity index is 13.5. The van der Waals surface area contributed by atoms with Gasteiger partial charge in [-0.1, -0.05) is 0 Å². The first-order chi connectivity index (χ1) is 1.41. The van der Waals surface area contributed by atoms with Gasteiger partial charge in [0.2, 0.25) is 6.26 Å². The zero-order valence-corrected chi connectivity index (χ0v) is 3.13. The van der Waals surface area contributed by atoms with Crippen molar-refractivity contribution in [2.24, 2.45) is 0 Å². The van der Waals surface area contributed by atoms with Crippen LogP contribution in [-0.2, 0) is 15.9 Å². The van der Waals surface area contributed by atoms with Crippen LogP contribution in [0.15, 0.2) is 0 Å². The largest absolute Gasteiger partial charge is 0.455 e. The zero-order valence-electron chi connectivity index (χ0n) is 2.32. The fraction of sp³-hybridized carbons (Fsp3) is 1.00. The molecular weight excluding hydrogens is 76.1 g/mol. The quantitative estimate of drug-likeness (QED) is 0.353. The van der Waals surface area contributed by atoms with Gasteiger partial charge in [0, 0.05) is 4.21 Å². The lowest BCUT2D eigenvalue weighted by Gasteiger charge is -0.931. The van der Waals surface area contributed by atoms with Crippen LogP contribution in [0, 0.1) is 0 Å². The van der Waals surface area contributed by atoms with E-state index >= 15 is 0 Å². The van der Waals surface area contributed by atoms with Gasteiger partial charge in [0.05, 0.1) is 0 Å². The highest BCUT2D eigenvalue weighted by Gasteiger charge is 1.54. The summed E-state index contributed by atoms with van der Waals surface area (Å²) in [6.07, 6.45) is 1.49. The predicted molar refractivity (Wildman–Crippen MR) is 17.6 cm³/mol. The number of hydrogen-bond donors (Lipinski definition) is 0. The van der Waals surface area contributed by atoms with Crippen molar-refractivity contribution in [3.8, 4) is 0 Å². The Balaban J connectivity index is 0. The Morgan fingerprint density at radius 1 is 1.75 bits per heavy atom. The first-order valence-corrected chi connectivity index (χ1v) is 1.72. The zero-order chi connectivity index (χ0) is 2.71. The van der Waals surface area contributed by atoms with E-state index in [1.165, 1.54) is 6.26 Å². The molecule has 0 heterocycles. The summed E-state index contributed by atoms with van der Waals surface area (Å²) < 4.78 is 8.85. The highest BCUT2D eigenvalue weighted by molar-refractivity contribution is 7.64. The molecule has 0 saturated carbocycles. The summed E-state index contributed by atoms with van der Waals surface area (Å²) in [5.41, 5.74) is 0. The van der Waals surface area contributed by atoms with Crippen molar-refractivity contribution in [2.45, 2.75) is 0 Å². The lowest BCUT2D eigenvalue weighted by atomic mass is 12.0. The molecule has 0 unspecified atom stereocenters. The third-order valence-corrected chi connectivity index (χ3v) is 0. The summed E-state index contributed by atoms with van der Waals surface area (Å²) in [7, 11) is 0. The molecule has 0 aromatic rings. The second-order valence-corrected chi connectivity index (χ2v) is 0.500. The Kier molecular flexibility index (Phi) is 27.4. The van der Waals surface area contributed by atoms with E-state index in [-0.39, 0.29) is 5.48 Å². The van der Waals surface area contributed by atoms with Gasteiger partial charge in [-0.3, -0.25) is 0 Å². The lowest BCUT2D eigenvalue weighted by Crippen LogP contribution is -1.32. The van der Waals surface area contributed by atoms with E-state index in [1.54, 1.807) is 0 Å². The molecule has 0 aromatic carbocycles. The Morgan fingerprint density at radius 3 is 1.75 bits per heavy atom. The predicted octanol–water partition coefficient (Wildman–Crippen LogP) is -0.780. The SMILES string of the molecule is C[S+]=O.O. The molecule has 0 spiro atoms. The molecule has 3 heteroatoms. The van der Waals surface area contributed by atoms with E-state index in [0.717, 1.165) is 0 Å². The van der Waals surface area contributed by atoms with Crippen molar-refractivity contribution in [2.75, 3.05) is 6.26 Å². The first-order valence-electron chi connectivity index (χ1n) is 0.575. The maximum Gasteiger partial charge on any atom is 0.455 e. The van der Waals surface area contributed by atoms with Gasteiger partial charge in [-0.2, -0.15) is 0 Å². The summed E-state index contributed by atoms with van der Waals surface area (Å²) in [5, 5.41) is 0. The monoisotopic (exact) mass is 81.0 g/mol. The molecule has 0 amide bonds. The highest BCUT2D eigenvalue weighted by atomic mass is 32.1. The van der Waals surface area contributed by atoms with Crippen LogP contribution in [0.4, 0.5) is 0 Å². The van der Waals surface area contributed by atoms with Crippen LogP contribution in [0.3, 0.4) is 0 Å². The summed E-state index contributed by atoms with van der Waals surface area (Å²) in [4.78, 5) is 0. The highest BCUT2D eigenvalue weighted by Crippen LogP contribution is 1.14. The third kappa shape index (κ3) is 4750. The van der Waals surface area contributed by atoms with Crippen molar-refractivity contribution in [3.63, 3.8) is 0 Å². The van der Waals surface area contributed by atoms with Gasteiger partial charge in [0.25, 0.3) is 0 Å². The van der Waals surface area contributed by atoms with E-state index < -0.39 is 0 Å². The molecule has 0 fully saturated rings. The van der Waals surface area contributed by atoms with Crippen LogP contribution in [0.2, 0.25) is 0 Å². The number of hydrogen-bond acceptors (Lipinski definition) is 1. The summed E-state index contributed by atoms with van der Waals surface area (Å²) in [5.74, 6) is 0. The Morgan fingerprint density at radius 2 is 1.75 bits per heavy atom. The van der Waals surface area contributed by atoms with Crippen LogP contribution in [0.1, 0.15) is 0 Å². The average molecular weight is 81.1 g/mol. The lowest BCUT2D eigenvalue weighted by molar-refractivity contribution is 0.607. The molecule has 0 aliphatic carbocycles. The van der Waals surface area contributed by atoms with Crippen LogP contribution >= 0.6 is 0 Å². The molecule has 0 aromatic heterocycles. The molecular formula is CH5O2S+. The summed E-state index contributed by atoms with van der Waals surface area (Å²) in [6, 6.07) is 0. The fourth-order valence-corrected chi connectivity index (χ4v) is 0. The van der Waals surface area contributed by atoms with E-state index in [4.69, 9.17) is 4.21 Å². The topological polar surface area (TPSA) is 48.6 Å². The van der Waals surface area contributed by atoms with E-state index in [2.05, 4.69) is 0 Å². The molecule has 0 aliphatic heterocycles. The minimum Gasteiger partial charge on any atom is -0.412 e. The Hall–Kier alpha value is -0.0200. The second kappa shape index (κ2) is 12.2. The molecule has 2 N–H and O–H groups in total. The van der Waals surface area contributed by atoms with Gasteiger partial charge in [-0.05, 0) is 0 Å². The minimum absolute atomic E-state index is 0. The molecule has 4 heavy (non-hydrogen) atoms. The molecule has 2 nitrogen and oxygen atoms in total. The van der Waals surface area contributed by atoms with Gasteiger partial charge in [0.1, 0.15) is 0 Å². The fourth-order valence-electron chi connectivity index (χ4n) is 0. The van der Waals surface area contributed by atoms with E-state index in [1.807, 2.05) is 0 Å². The average Bonchev–Trinajstić information content (AvgIpc) is 0.918. The van der Waals surface area contributed by atoms with Crippen LogP contribution in [0.5, 0.6) is 0 Å². The minimum atomic E-state index is 0. The smallest absolute Gasteiger partial charge is 0.412 e. The van der Waals surface area contributed by atoms with Crippen molar-refractivity contribution < 1.29 is 9.69 Å². The normalized spacial score (nSPS) is 3.25. The summed E-state index contributed by atoms with van der Waals surface area (Å²) in [6.45, 7) is 0. The molecule has 0 atom stereocenters. The molecule has 0 saturated heterocycles. The maximum absolute atomic E-state index is 8.85. The maximum atomic E-state index is 8.85. The molecule has 26 valence electrons. The van der Waals surface area contributed by atoms with E-state index in [0.29, 0.717) is 11.7 Å². The van der Waals surface area contributed by atoms with Gasteiger partial charge in [-0.15, -0.1) is 0 Å². The van der Waals surface area contributed by atoms with Gasteiger partial charge in [-0.25, -0.2) is 0 Å². The van der Waals surface area contributed by atoms with Crippen molar-refractivity contribution in [1.82, 2.24) is 0 Å². The van der Waals surface area contributed by atoms with Gasteiger partial charge < -0.3 is 5.48 Å². The molecule has 0 rings (SSSR count).